The van der Waals surface area contributed by atoms with Gasteiger partial charge in [-0.3, -0.25) is 0 Å². The van der Waals surface area contributed by atoms with Crippen LogP contribution in [0.25, 0.3) is 87.2 Å². The second kappa shape index (κ2) is 8.44. The molecule has 0 fully saturated rings. The first-order valence-electron chi connectivity index (χ1n) is 16.5. The summed E-state index contributed by atoms with van der Waals surface area (Å²) in [4.78, 5) is 0. The molecule has 9 aromatic carbocycles. The molecular formula is C42H24O. The molecule has 0 radical (unpaired) electrons. The highest BCUT2D eigenvalue weighted by Crippen LogP contribution is 2.51. The smallest absolute Gasteiger partial charge is 0.143 e. The van der Waals surface area contributed by atoms with Crippen LogP contribution in [-0.2, 0) is 0 Å². The van der Waals surface area contributed by atoms with Crippen LogP contribution in [0.3, 0.4) is 0 Å². The molecule has 0 aromatic heterocycles. The fourth-order valence-electron chi connectivity index (χ4n) is 7.11. The summed E-state index contributed by atoms with van der Waals surface area (Å²) in [7, 11) is 0. The van der Waals surface area contributed by atoms with Gasteiger partial charge in [-0.15, -0.1) is 0 Å². The Labute approximate surface area is 254 Å². The van der Waals surface area contributed by atoms with Gasteiger partial charge in [0.25, 0.3) is 0 Å². The van der Waals surface area contributed by atoms with Gasteiger partial charge in [0, 0.05) is 16.3 Å². The molecule has 10 rings (SSSR count). The molecule has 1 heteroatoms. The highest BCUT2D eigenvalue weighted by molar-refractivity contribution is 6.25. The third-order valence-corrected chi connectivity index (χ3v) is 9.08. The summed E-state index contributed by atoms with van der Waals surface area (Å²) in [5.41, 5.74) is 3.96. The predicted molar refractivity (Wildman–Crippen MR) is 182 cm³/mol. The molecule has 0 saturated carbocycles. The maximum absolute atomic E-state index is 9.30. The van der Waals surface area contributed by atoms with Gasteiger partial charge in [0.1, 0.15) is 11.5 Å². The summed E-state index contributed by atoms with van der Waals surface area (Å²) < 4.78 is 43.8. The van der Waals surface area contributed by atoms with Crippen molar-refractivity contribution in [2.75, 3.05) is 0 Å². The Morgan fingerprint density at radius 1 is 0.372 bits per heavy atom. The van der Waals surface area contributed by atoms with E-state index in [4.69, 9.17) is 4.74 Å². The SMILES string of the molecule is [2H]c1c([2H])c(-c2ccc3ccc4cccc5ccc2c3c45)c([2H])c([2H])c1-c1ccc2c3c(cccc13)-c1ccc3ccccc3c1O2. The fourth-order valence-corrected chi connectivity index (χ4v) is 7.11. The number of hydrogen-bond acceptors (Lipinski definition) is 1. The van der Waals surface area contributed by atoms with Gasteiger partial charge in [-0.2, -0.15) is 0 Å². The summed E-state index contributed by atoms with van der Waals surface area (Å²) in [5, 5.41) is 10.4. The van der Waals surface area contributed by atoms with Crippen molar-refractivity contribution in [1.82, 2.24) is 0 Å². The number of benzene rings is 9. The van der Waals surface area contributed by atoms with Gasteiger partial charge in [0.05, 0.1) is 5.48 Å². The van der Waals surface area contributed by atoms with Crippen molar-refractivity contribution in [2.45, 2.75) is 0 Å². The minimum absolute atomic E-state index is 0.0513. The second-order valence-electron chi connectivity index (χ2n) is 11.3. The predicted octanol–water partition coefficient (Wildman–Crippen LogP) is 12.0. The average molecular weight is 549 g/mol. The Kier molecular flexibility index (Phi) is 3.82. The Hall–Kier alpha value is -5.66. The van der Waals surface area contributed by atoms with Crippen LogP contribution >= 0.6 is 0 Å². The Balaban J connectivity index is 1.21. The standard InChI is InChI=1S/C42H24O/c1-2-8-33-25(5-1)17-22-37-35-10-4-9-34-32(23-24-38(41(34)35)43-42(33)37)27-13-11-26(12-14-27)31-20-18-30-16-15-28-6-3-7-29-19-21-36(31)40(30)39(28)29/h1-24H/i11D,12D,13D,14D. The van der Waals surface area contributed by atoms with Crippen LogP contribution in [0.15, 0.2) is 145 Å². The van der Waals surface area contributed by atoms with E-state index in [2.05, 4.69) is 66.7 Å². The van der Waals surface area contributed by atoms with Crippen LogP contribution in [0, 0.1) is 0 Å². The average Bonchev–Trinajstić information content (AvgIpc) is 3.11. The van der Waals surface area contributed by atoms with Crippen molar-refractivity contribution in [3.05, 3.63) is 145 Å². The van der Waals surface area contributed by atoms with Gasteiger partial charge >= 0.3 is 0 Å². The van der Waals surface area contributed by atoms with Crippen LogP contribution in [0.4, 0.5) is 0 Å². The van der Waals surface area contributed by atoms with Crippen molar-refractivity contribution in [1.29, 1.82) is 0 Å². The van der Waals surface area contributed by atoms with Crippen molar-refractivity contribution in [3.8, 4) is 44.9 Å². The molecule has 0 aliphatic carbocycles. The van der Waals surface area contributed by atoms with Gasteiger partial charge in [-0.25, -0.2) is 0 Å². The topological polar surface area (TPSA) is 9.23 Å². The van der Waals surface area contributed by atoms with Crippen LogP contribution in [0.1, 0.15) is 5.48 Å². The van der Waals surface area contributed by atoms with Gasteiger partial charge < -0.3 is 4.74 Å². The zero-order chi connectivity index (χ0) is 31.6. The zero-order valence-electron chi connectivity index (χ0n) is 27.0. The van der Waals surface area contributed by atoms with E-state index in [1.165, 1.54) is 0 Å². The molecule has 1 nitrogen and oxygen atoms in total. The molecule has 198 valence electrons. The van der Waals surface area contributed by atoms with Crippen LogP contribution < -0.4 is 4.74 Å². The first-order valence-corrected chi connectivity index (χ1v) is 14.5. The molecule has 1 aliphatic heterocycles. The molecule has 9 aromatic rings. The molecule has 0 N–H and O–H groups in total. The molecule has 1 heterocycles. The lowest BCUT2D eigenvalue weighted by Crippen LogP contribution is -1.98. The Bertz CT molecular complexity index is 2770. The first kappa shape index (κ1) is 19.5. The quantitative estimate of drug-likeness (QED) is 0.195. The van der Waals surface area contributed by atoms with Crippen molar-refractivity contribution in [3.63, 3.8) is 0 Å². The third kappa shape index (κ3) is 3.17. The third-order valence-electron chi connectivity index (χ3n) is 9.08. The van der Waals surface area contributed by atoms with E-state index in [0.717, 1.165) is 70.7 Å². The monoisotopic (exact) mass is 548 g/mol. The molecule has 0 saturated heterocycles. The lowest BCUT2D eigenvalue weighted by molar-refractivity contribution is 0.493. The molecule has 0 atom stereocenters. The number of fused-ring (bicyclic) bond motifs is 4. The van der Waals surface area contributed by atoms with E-state index in [1.807, 2.05) is 54.6 Å². The molecule has 0 amide bonds. The molecule has 0 unspecified atom stereocenters. The summed E-state index contributed by atoms with van der Waals surface area (Å²) in [5.74, 6) is 1.53. The highest BCUT2D eigenvalue weighted by atomic mass is 16.5. The zero-order valence-corrected chi connectivity index (χ0v) is 23.0. The maximum atomic E-state index is 9.30. The van der Waals surface area contributed by atoms with Crippen molar-refractivity contribution in [2.24, 2.45) is 0 Å². The van der Waals surface area contributed by atoms with E-state index in [1.54, 1.807) is 0 Å². The van der Waals surface area contributed by atoms with Crippen LogP contribution in [0.5, 0.6) is 11.5 Å². The van der Waals surface area contributed by atoms with Gasteiger partial charge in [0.2, 0.25) is 0 Å². The molecule has 0 spiro atoms. The summed E-state index contributed by atoms with van der Waals surface area (Å²) in [6, 6.07) is 40.5. The number of hydrogen-bond donors (Lipinski definition) is 0. The van der Waals surface area contributed by atoms with E-state index >= 15 is 0 Å². The maximum Gasteiger partial charge on any atom is 0.143 e. The fraction of sp³-hybridized carbons (Fsp3) is 0. The normalized spacial score (nSPS) is 13.7. The summed E-state index contributed by atoms with van der Waals surface area (Å²) >= 11 is 0. The minimum Gasteiger partial charge on any atom is -0.455 e. The molecular weight excluding hydrogens is 520 g/mol. The summed E-state index contributed by atoms with van der Waals surface area (Å²) in [6.45, 7) is 0. The van der Waals surface area contributed by atoms with E-state index < -0.39 is 0 Å². The van der Waals surface area contributed by atoms with E-state index in [-0.39, 0.29) is 29.7 Å². The molecule has 43 heavy (non-hydrogen) atoms. The first-order chi connectivity index (χ1) is 23.0. The molecule has 0 bridgehead atoms. The lowest BCUT2D eigenvalue weighted by atomic mass is 9.88. The van der Waals surface area contributed by atoms with E-state index in [9.17, 15) is 5.48 Å². The van der Waals surface area contributed by atoms with Gasteiger partial charge in [0.15, 0.2) is 0 Å². The number of ether oxygens (including phenoxy) is 1. The largest absolute Gasteiger partial charge is 0.455 e. The van der Waals surface area contributed by atoms with Gasteiger partial charge in [-0.05, 0) is 83.0 Å². The van der Waals surface area contributed by atoms with Crippen molar-refractivity contribution < 1.29 is 10.2 Å². The highest BCUT2D eigenvalue weighted by Gasteiger charge is 2.23. The second-order valence-corrected chi connectivity index (χ2v) is 11.3. The van der Waals surface area contributed by atoms with Crippen LogP contribution in [-0.4, -0.2) is 0 Å². The van der Waals surface area contributed by atoms with Crippen molar-refractivity contribution >= 4 is 53.9 Å². The summed E-state index contributed by atoms with van der Waals surface area (Å²) in [6.07, 6.45) is 0. The lowest BCUT2D eigenvalue weighted by Gasteiger charge is -2.24. The Morgan fingerprint density at radius 3 is 1.74 bits per heavy atom. The van der Waals surface area contributed by atoms with E-state index in [0.29, 0.717) is 22.4 Å². The Morgan fingerprint density at radius 2 is 0.930 bits per heavy atom. The van der Waals surface area contributed by atoms with Crippen LogP contribution in [0.2, 0.25) is 0 Å². The van der Waals surface area contributed by atoms with Gasteiger partial charge in [-0.1, -0.05) is 133 Å². The molecule has 1 aliphatic rings. The number of rotatable bonds is 2. The minimum atomic E-state index is -0.0597.